The lowest BCUT2D eigenvalue weighted by Gasteiger charge is -2.02. The van der Waals surface area contributed by atoms with Crippen LogP contribution in [0.15, 0.2) is 0 Å². The number of carbonyl (C=O) groups is 1. The topological polar surface area (TPSA) is 55.1 Å². The summed E-state index contributed by atoms with van der Waals surface area (Å²) in [6.07, 6.45) is 3.54. The SMILES string of the molecule is NC(=O)[C@H]1CC2(CC2)CN1. The molecular formula is C7H12N2O. The van der Waals surface area contributed by atoms with Crippen molar-refractivity contribution in [2.75, 3.05) is 6.54 Å². The van der Waals surface area contributed by atoms with Gasteiger partial charge in [0.05, 0.1) is 6.04 Å². The number of nitrogens with two attached hydrogens (primary N) is 1. The Kier molecular flexibility index (Phi) is 1.06. The zero-order valence-corrected chi connectivity index (χ0v) is 5.89. The average molecular weight is 140 g/mol. The van der Waals surface area contributed by atoms with Crippen LogP contribution in [0.2, 0.25) is 0 Å². The first-order chi connectivity index (χ1) is 4.72. The summed E-state index contributed by atoms with van der Waals surface area (Å²) in [7, 11) is 0. The van der Waals surface area contributed by atoms with Crippen LogP contribution in [-0.2, 0) is 4.79 Å². The Morgan fingerprint density at radius 2 is 2.30 bits per heavy atom. The van der Waals surface area contributed by atoms with E-state index in [-0.39, 0.29) is 11.9 Å². The van der Waals surface area contributed by atoms with E-state index in [1.807, 2.05) is 0 Å². The van der Waals surface area contributed by atoms with Crippen molar-refractivity contribution in [2.45, 2.75) is 25.3 Å². The lowest BCUT2D eigenvalue weighted by atomic mass is 10.0. The smallest absolute Gasteiger partial charge is 0.234 e. The number of hydrogen-bond donors (Lipinski definition) is 2. The number of rotatable bonds is 1. The summed E-state index contributed by atoms with van der Waals surface area (Å²) in [4.78, 5) is 10.7. The third kappa shape index (κ3) is 0.814. The predicted octanol–water partition coefficient (Wildman–Crippen LogP) is -0.386. The molecule has 0 aromatic rings. The maximum Gasteiger partial charge on any atom is 0.234 e. The molecule has 1 spiro atoms. The molecular weight excluding hydrogens is 128 g/mol. The molecule has 0 aromatic heterocycles. The van der Waals surface area contributed by atoms with Gasteiger partial charge in [0.2, 0.25) is 5.91 Å². The Morgan fingerprint density at radius 1 is 1.60 bits per heavy atom. The maximum atomic E-state index is 10.7. The monoisotopic (exact) mass is 140 g/mol. The van der Waals surface area contributed by atoms with Crippen molar-refractivity contribution in [2.24, 2.45) is 11.1 Å². The van der Waals surface area contributed by atoms with Crippen LogP contribution in [0.25, 0.3) is 0 Å². The largest absolute Gasteiger partial charge is 0.368 e. The summed E-state index contributed by atoms with van der Waals surface area (Å²) >= 11 is 0. The van der Waals surface area contributed by atoms with Crippen molar-refractivity contribution in [1.29, 1.82) is 0 Å². The van der Waals surface area contributed by atoms with Crippen molar-refractivity contribution in [3.05, 3.63) is 0 Å². The normalized spacial score (nSPS) is 34.6. The molecule has 10 heavy (non-hydrogen) atoms. The van der Waals surface area contributed by atoms with Crippen molar-refractivity contribution < 1.29 is 4.79 Å². The lowest BCUT2D eigenvalue weighted by Crippen LogP contribution is -2.36. The van der Waals surface area contributed by atoms with Gasteiger partial charge in [0.25, 0.3) is 0 Å². The molecule has 1 aliphatic heterocycles. The molecule has 1 aliphatic carbocycles. The van der Waals surface area contributed by atoms with Crippen LogP contribution in [0, 0.1) is 5.41 Å². The average Bonchev–Trinajstić information content (AvgIpc) is 2.41. The second-order valence-corrected chi connectivity index (χ2v) is 3.54. The van der Waals surface area contributed by atoms with Gasteiger partial charge >= 0.3 is 0 Å². The van der Waals surface area contributed by atoms with Gasteiger partial charge in [-0.05, 0) is 24.7 Å². The summed E-state index contributed by atoms with van der Waals surface area (Å²) in [5.74, 6) is -0.191. The van der Waals surface area contributed by atoms with Crippen LogP contribution in [-0.4, -0.2) is 18.5 Å². The summed E-state index contributed by atoms with van der Waals surface area (Å²) in [6.45, 7) is 1.00. The number of amides is 1. The highest BCUT2D eigenvalue weighted by atomic mass is 16.1. The van der Waals surface area contributed by atoms with Crippen molar-refractivity contribution in [1.82, 2.24) is 5.32 Å². The molecule has 0 unspecified atom stereocenters. The minimum atomic E-state index is -0.191. The van der Waals surface area contributed by atoms with E-state index in [2.05, 4.69) is 5.32 Å². The molecule has 1 heterocycles. The van der Waals surface area contributed by atoms with Crippen LogP contribution in [0.3, 0.4) is 0 Å². The van der Waals surface area contributed by atoms with Crippen molar-refractivity contribution in [3.8, 4) is 0 Å². The molecule has 3 nitrogen and oxygen atoms in total. The third-order valence-electron chi connectivity index (χ3n) is 2.66. The van der Waals surface area contributed by atoms with E-state index < -0.39 is 0 Å². The fourth-order valence-corrected chi connectivity index (χ4v) is 1.68. The second-order valence-electron chi connectivity index (χ2n) is 3.54. The standard InChI is InChI=1S/C7H12N2O/c8-6(10)5-3-7(1-2-7)4-9-5/h5,9H,1-4H2,(H2,8,10)/t5-/m1/s1. The van der Waals surface area contributed by atoms with Crippen LogP contribution in [0.4, 0.5) is 0 Å². The highest BCUT2D eigenvalue weighted by molar-refractivity contribution is 5.80. The zero-order chi connectivity index (χ0) is 7.19. The molecule has 3 heteroatoms. The minimum absolute atomic E-state index is 0.0394. The number of carbonyl (C=O) groups excluding carboxylic acids is 1. The van der Waals surface area contributed by atoms with Gasteiger partial charge in [-0.25, -0.2) is 0 Å². The molecule has 0 bridgehead atoms. The molecule has 0 radical (unpaired) electrons. The number of nitrogens with one attached hydrogen (secondary N) is 1. The highest BCUT2D eigenvalue weighted by Crippen LogP contribution is 2.51. The van der Waals surface area contributed by atoms with E-state index in [1.165, 1.54) is 12.8 Å². The van der Waals surface area contributed by atoms with Crippen LogP contribution >= 0.6 is 0 Å². The van der Waals surface area contributed by atoms with Gasteiger partial charge in [-0.1, -0.05) is 0 Å². The van der Waals surface area contributed by atoms with E-state index >= 15 is 0 Å². The number of primary amides is 1. The van der Waals surface area contributed by atoms with E-state index in [0.29, 0.717) is 5.41 Å². The highest BCUT2D eigenvalue weighted by Gasteiger charge is 2.49. The Morgan fingerprint density at radius 3 is 2.60 bits per heavy atom. The molecule has 0 aromatic carbocycles. The van der Waals surface area contributed by atoms with E-state index in [9.17, 15) is 4.79 Å². The summed E-state index contributed by atoms with van der Waals surface area (Å²) in [5.41, 5.74) is 5.63. The molecule has 1 atom stereocenters. The van der Waals surface area contributed by atoms with Gasteiger partial charge in [-0.3, -0.25) is 4.79 Å². The van der Waals surface area contributed by atoms with Gasteiger partial charge in [0.15, 0.2) is 0 Å². The zero-order valence-electron chi connectivity index (χ0n) is 5.89. The molecule has 2 aliphatic rings. The van der Waals surface area contributed by atoms with Gasteiger partial charge in [0, 0.05) is 6.54 Å². The Hall–Kier alpha value is -0.570. The van der Waals surface area contributed by atoms with Crippen LogP contribution < -0.4 is 11.1 Å². The van der Waals surface area contributed by atoms with E-state index in [0.717, 1.165) is 13.0 Å². The predicted molar refractivity (Wildman–Crippen MR) is 37.3 cm³/mol. The third-order valence-corrected chi connectivity index (χ3v) is 2.66. The fraction of sp³-hybridized carbons (Fsp3) is 0.857. The Bertz CT molecular complexity index is 174. The van der Waals surface area contributed by atoms with Crippen LogP contribution in [0.5, 0.6) is 0 Å². The Labute approximate surface area is 60.0 Å². The molecule has 2 rings (SSSR count). The van der Waals surface area contributed by atoms with Crippen LogP contribution in [0.1, 0.15) is 19.3 Å². The number of hydrogen-bond acceptors (Lipinski definition) is 2. The Balaban J connectivity index is 1.99. The molecule has 1 saturated carbocycles. The summed E-state index contributed by atoms with van der Waals surface area (Å²) < 4.78 is 0. The molecule has 56 valence electrons. The van der Waals surface area contributed by atoms with E-state index in [4.69, 9.17) is 5.73 Å². The second kappa shape index (κ2) is 1.72. The van der Waals surface area contributed by atoms with Gasteiger partial charge in [0.1, 0.15) is 0 Å². The summed E-state index contributed by atoms with van der Waals surface area (Å²) in [5, 5.41) is 3.13. The van der Waals surface area contributed by atoms with Gasteiger partial charge in [-0.2, -0.15) is 0 Å². The molecule has 3 N–H and O–H groups in total. The molecule has 1 amide bonds. The van der Waals surface area contributed by atoms with E-state index in [1.54, 1.807) is 0 Å². The lowest BCUT2D eigenvalue weighted by molar-refractivity contribution is -0.119. The quantitative estimate of drug-likeness (QED) is 0.521. The molecule has 2 fully saturated rings. The first-order valence-corrected chi connectivity index (χ1v) is 3.75. The van der Waals surface area contributed by atoms with Gasteiger partial charge in [-0.15, -0.1) is 0 Å². The first kappa shape index (κ1) is 6.16. The first-order valence-electron chi connectivity index (χ1n) is 3.75. The summed E-state index contributed by atoms with van der Waals surface area (Å²) in [6, 6.07) is -0.0394. The van der Waals surface area contributed by atoms with Crippen molar-refractivity contribution >= 4 is 5.91 Å². The fourth-order valence-electron chi connectivity index (χ4n) is 1.68. The maximum absolute atomic E-state index is 10.7. The minimum Gasteiger partial charge on any atom is -0.368 e. The van der Waals surface area contributed by atoms with Crippen molar-refractivity contribution in [3.63, 3.8) is 0 Å². The van der Waals surface area contributed by atoms with Gasteiger partial charge < -0.3 is 11.1 Å². The molecule has 1 saturated heterocycles.